The Balaban J connectivity index is 1.67. The smallest absolute Gasteiger partial charge is 0.261 e. The largest absolute Gasteiger partial charge is 0.366 e. The molecule has 1 aliphatic heterocycles. The van der Waals surface area contributed by atoms with E-state index in [1.54, 1.807) is 30.3 Å². The molecule has 1 saturated heterocycles. The van der Waals surface area contributed by atoms with Crippen LogP contribution in [-0.2, 0) is 19.9 Å². The zero-order valence-corrected chi connectivity index (χ0v) is 14.3. The van der Waals surface area contributed by atoms with E-state index in [9.17, 15) is 16.8 Å². The number of anilines is 2. The summed E-state index contributed by atoms with van der Waals surface area (Å²) >= 11 is 0. The molecule has 1 unspecified atom stereocenters. The number of pyridine rings is 1. The van der Waals surface area contributed by atoms with Gasteiger partial charge in [0.25, 0.3) is 10.0 Å². The van der Waals surface area contributed by atoms with E-state index in [1.165, 1.54) is 18.3 Å². The lowest BCUT2D eigenvalue weighted by molar-refractivity contribution is 0.599. The van der Waals surface area contributed by atoms with Crippen LogP contribution in [0.1, 0.15) is 6.42 Å². The second-order valence-electron chi connectivity index (χ2n) is 5.59. The predicted molar refractivity (Wildman–Crippen MR) is 92.2 cm³/mol. The molecule has 24 heavy (non-hydrogen) atoms. The normalized spacial score (nSPS) is 19.8. The van der Waals surface area contributed by atoms with E-state index < -0.39 is 19.9 Å². The number of rotatable bonds is 5. The van der Waals surface area contributed by atoms with E-state index in [2.05, 4.69) is 15.0 Å². The summed E-state index contributed by atoms with van der Waals surface area (Å²) < 4.78 is 49.8. The number of hydrogen-bond donors (Lipinski definition) is 2. The lowest BCUT2D eigenvalue weighted by atomic mass is 10.2. The summed E-state index contributed by atoms with van der Waals surface area (Å²) in [5, 5.41) is 3.05. The zero-order chi connectivity index (χ0) is 17.2. The Kier molecular flexibility index (Phi) is 4.46. The van der Waals surface area contributed by atoms with Crippen molar-refractivity contribution >= 4 is 31.4 Å². The van der Waals surface area contributed by atoms with E-state index in [4.69, 9.17) is 0 Å². The van der Waals surface area contributed by atoms with Crippen LogP contribution in [0, 0.1) is 0 Å². The third-order valence-corrected chi connectivity index (χ3v) is 6.82. The van der Waals surface area contributed by atoms with Crippen LogP contribution in [0.15, 0.2) is 53.6 Å². The molecular weight excluding hydrogens is 350 g/mol. The molecule has 1 atom stereocenters. The molecule has 128 valence electrons. The molecule has 1 fully saturated rings. The van der Waals surface area contributed by atoms with Crippen molar-refractivity contribution in [3.63, 3.8) is 0 Å². The summed E-state index contributed by atoms with van der Waals surface area (Å²) in [6, 6.07) is 11.1. The van der Waals surface area contributed by atoms with Crippen molar-refractivity contribution in [2.45, 2.75) is 17.4 Å². The van der Waals surface area contributed by atoms with Crippen LogP contribution in [-0.4, -0.2) is 39.4 Å². The summed E-state index contributed by atoms with van der Waals surface area (Å²) in [6.45, 7) is 0. The van der Waals surface area contributed by atoms with Gasteiger partial charge in [0, 0.05) is 6.04 Å². The van der Waals surface area contributed by atoms with Gasteiger partial charge in [0.05, 0.1) is 28.3 Å². The van der Waals surface area contributed by atoms with Gasteiger partial charge in [0.2, 0.25) is 0 Å². The molecule has 2 heterocycles. The fraction of sp³-hybridized carbons (Fsp3) is 0.267. The molecule has 2 aromatic rings. The highest BCUT2D eigenvalue weighted by molar-refractivity contribution is 7.92. The van der Waals surface area contributed by atoms with E-state index >= 15 is 0 Å². The molecule has 7 nitrogen and oxygen atoms in total. The Morgan fingerprint density at radius 1 is 1.08 bits per heavy atom. The molecule has 1 aromatic heterocycles. The van der Waals surface area contributed by atoms with Crippen LogP contribution in [0.2, 0.25) is 0 Å². The van der Waals surface area contributed by atoms with Crippen LogP contribution in [0.4, 0.5) is 11.5 Å². The van der Waals surface area contributed by atoms with Crippen molar-refractivity contribution in [2.75, 3.05) is 21.5 Å². The quantitative estimate of drug-likeness (QED) is 0.829. The summed E-state index contributed by atoms with van der Waals surface area (Å²) in [5.74, 6) is 0.788. The molecule has 9 heteroatoms. The molecule has 1 aromatic carbocycles. The third-order valence-electron chi connectivity index (χ3n) is 3.65. The number of hydrogen-bond acceptors (Lipinski definition) is 6. The predicted octanol–water partition coefficient (Wildman–Crippen LogP) is 1.48. The van der Waals surface area contributed by atoms with Crippen LogP contribution < -0.4 is 10.0 Å². The van der Waals surface area contributed by atoms with Gasteiger partial charge in [-0.3, -0.25) is 4.72 Å². The first-order valence-electron chi connectivity index (χ1n) is 7.35. The third kappa shape index (κ3) is 4.04. The highest BCUT2D eigenvalue weighted by Gasteiger charge is 2.27. The van der Waals surface area contributed by atoms with Gasteiger partial charge in [-0.15, -0.1) is 0 Å². The molecule has 0 saturated carbocycles. The monoisotopic (exact) mass is 367 g/mol. The minimum Gasteiger partial charge on any atom is -0.366 e. The van der Waals surface area contributed by atoms with E-state index in [-0.39, 0.29) is 22.4 Å². The molecule has 0 radical (unpaired) electrons. The maximum Gasteiger partial charge on any atom is 0.261 e. The number of nitrogens with zero attached hydrogens (tertiary/aromatic N) is 1. The average molecular weight is 367 g/mol. The first-order valence-corrected chi connectivity index (χ1v) is 10.7. The van der Waals surface area contributed by atoms with Crippen molar-refractivity contribution in [3.8, 4) is 0 Å². The minimum absolute atomic E-state index is 0.0943. The van der Waals surface area contributed by atoms with Gasteiger partial charge in [-0.1, -0.05) is 18.2 Å². The first kappa shape index (κ1) is 16.7. The van der Waals surface area contributed by atoms with Gasteiger partial charge in [-0.2, -0.15) is 0 Å². The summed E-state index contributed by atoms with van der Waals surface area (Å²) in [7, 11) is -6.61. The average Bonchev–Trinajstić information content (AvgIpc) is 2.89. The second-order valence-corrected chi connectivity index (χ2v) is 9.51. The minimum atomic E-state index is -3.65. The van der Waals surface area contributed by atoms with Crippen molar-refractivity contribution in [1.82, 2.24) is 4.98 Å². The standard InChI is InChI=1S/C15H17N3O4S2/c19-23(20)9-8-13(11-23)17-15-7-6-12(10-16-15)18-24(21,22)14-4-2-1-3-5-14/h1-7,10,13,18H,8-9,11H2,(H,16,17). The Hall–Kier alpha value is -2.13. The van der Waals surface area contributed by atoms with Crippen LogP contribution in [0.5, 0.6) is 0 Å². The van der Waals surface area contributed by atoms with Crippen LogP contribution >= 0.6 is 0 Å². The topological polar surface area (TPSA) is 105 Å². The lowest BCUT2D eigenvalue weighted by Crippen LogP contribution is -2.21. The molecular formula is C15H17N3O4S2. The summed E-state index contributed by atoms with van der Waals surface area (Å²) in [6.07, 6.45) is 1.94. The van der Waals surface area contributed by atoms with E-state index in [1.807, 2.05) is 0 Å². The van der Waals surface area contributed by atoms with Crippen molar-refractivity contribution < 1.29 is 16.8 Å². The molecule has 0 amide bonds. The molecule has 1 aliphatic rings. The van der Waals surface area contributed by atoms with Gasteiger partial charge in [-0.05, 0) is 30.7 Å². The van der Waals surface area contributed by atoms with Gasteiger partial charge in [0.1, 0.15) is 5.82 Å². The van der Waals surface area contributed by atoms with Crippen LogP contribution in [0.3, 0.4) is 0 Å². The summed E-state index contributed by atoms with van der Waals surface area (Å²) in [5.41, 5.74) is 0.337. The van der Waals surface area contributed by atoms with Gasteiger partial charge >= 0.3 is 0 Å². The highest BCUT2D eigenvalue weighted by Crippen LogP contribution is 2.19. The van der Waals surface area contributed by atoms with E-state index in [0.29, 0.717) is 17.9 Å². The highest BCUT2D eigenvalue weighted by atomic mass is 32.2. The fourth-order valence-electron chi connectivity index (χ4n) is 2.47. The molecule has 0 bridgehead atoms. The van der Waals surface area contributed by atoms with Crippen LogP contribution in [0.25, 0.3) is 0 Å². The Morgan fingerprint density at radius 2 is 1.83 bits per heavy atom. The van der Waals surface area contributed by atoms with Gasteiger partial charge in [0.15, 0.2) is 9.84 Å². The van der Waals surface area contributed by atoms with Crippen molar-refractivity contribution in [1.29, 1.82) is 0 Å². The number of sulfonamides is 1. The molecule has 0 aliphatic carbocycles. The number of sulfone groups is 1. The lowest BCUT2D eigenvalue weighted by Gasteiger charge is -2.12. The molecule has 3 rings (SSSR count). The Bertz CT molecular complexity index is 911. The Labute approximate surface area is 141 Å². The number of benzene rings is 1. The number of nitrogens with one attached hydrogen (secondary N) is 2. The summed E-state index contributed by atoms with van der Waals surface area (Å²) in [4.78, 5) is 4.30. The zero-order valence-electron chi connectivity index (χ0n) is 12.7. The second kappa shape index (κ2) is 6.40. The Morgan fingerprint density at radius 3 is 2.42 bits per heavy atom. The van der Waals surface area contributed by atoms with Gasteiger partial charge < -0.3 is 5.32 Å². The van der Waals surface area contributed by atoms with Crippen molar-refractivity contribution in [2.24, 2.45) is 0 Å². The maximum atomic E-state index is 12.2. The fourth-order valence-corrected chi connectivity index (χ4v) is 5.21. The van der Waals surface area contributed by atoms with Gasteiger partial charge in [-0.25, -0.2) is 21.8 Å². The maximum absolute atomic E-state index is 12.2. The molecule has 0 spiro atoms. The van der Waals surface area contributed by atoms with Crippen molar-refractivity contribution in [3.05, 3.63) is 48.7 Å². The van der Waals surface area contributed by atoms with E-state index in [0.717, 1.165) is 0 Å². The SMILES string of the molecule is O=S1(=O)CCC(Nc2ccc(NS(=O)(=O)c3ccccc3)cn2)C1. The number of aromatic nitrogens is 1. The molecule has 2 N–H and O–H groups in total. The first-order chi connectivity index (χ1) is 11.3.